The average Bonchev–Trinajstić information content (AvgIpc) is 3.63. The third-order valence-electron chi connectivity index (χ3n) is 13.0. The molecule has 1 aromatic carbocycles. The number of allylic oxidation sites excluding steroid dienone is 3. The van der Waals surface area contributed by atoms with Gasteiger partial charge in [0.15, 0.2) is 8.32 Å². The smallest absolute Gasteiger partial charge is 0.192 e. The standard InChI is InChI=1S/C39H62O3Si/c1-27(26-41-32-15-11-14-31(25-32)37(6,7)40)33-18-19-34-30(13-12-20-38(33,34)8)17-16-29-23-28(2)39(21-22-39)35(24-29)42-43(9,10)36(3,4)5/h11,14-17,25,27-28,33-35,40H,12-13,18-24,26H2,1-10H3/b29-16-,30-17+/t27-,28+,33+,34-,35+,38+/m0/s1. The van der Waals surface area contributed by atoms with E-state index >= 15 is 0 Å². The fraction of sp³-hybridized carbons (Fsp3) is 0.744. The van der Waals surface area contributed by atoms with E-state index in [1.54, 1.807) is 11.1 Å². The molecule has 4 fully saturated rings. The number of rotatable bonds is 8. The molecule has 4 heteroatoms. The highest BCUT2D eigenvalue weighted by atomic mass is 28.4. The Balaban J connectivity index is 1.27. The van der Waals surface area contributed by atoms with Crippen LogP contribution in [0.25, 0.3) is 0 Å². The van der Waals surface area contributed by atoms with Gasteiger partial charge in [-0.2, -0.15) is 0 Å². The minimum atomic E-state index is -1.81. The zero-order valence-corrected chi connectivity index (χ0v) is 30.2. The van der Waals surface area contributed by atoms with Crippen LogP contribution in [-0.4, -0.2) is 26.1 Å². The molecule has 4 aliphatic rings. The predicted octanol–water partition coefficient (Wildman–Crippen LogP) is 10.6. The molecule has 1 aromatic rings. The van der Waals surface area contributed by atoms with E-state index in [0.717, 1.165) is 30.3 Å². The van der Waals surface area contributed by atoms with Gasteiger partial charge in [0.2, 0.25) is 0 Å². The quantitative estimate of drug-likeness (QED) is 0.299. The number of aliphatic hydroxyl groups is 1. The minimum absolute atomic E-state index is 0.254. The van der Waals surface area contributed by atoms with E-state index in [0.29, 0.717) is 34.7 Å². The van der Waals surface area contributed by atoms with Gasteiger partial charge >= 0.3 is 0 Å². The Hall–Kier alpha value is -1.36. The van der Waals surface area contributed by atoms with Crippen LogP contribution in [0.5, 0.6) is 5.75 Å². The van der Waals surface area contributed by atoms with Crippen LogP contribution in [0.2, 0.25) is 18.1 Å². The maximum Gasteiger partial charge on any atom is 0.192 e. The first-order chi connectivity index (χ1) is 20.0. The number of hydrogen-bond acceptors (Lipinski definition) is 3. The molecule has 0 aliphatic heterocycles. The van der Waals surface area contributed by atoms with E-state index in [1.165, 1.54) is 51.4 Å². The normalized spacial score (nSPS) is 33.6. The van der Waals surface area contributed by atoms with E-state index < -0.39 is 13.9 Å². The highest BCUT2D eigenvalue weighted by Crippen LogP contribution is 2.63. The molecule has 4 aliphatic carbocycles. The van der Waals surface area contributed by atoms with Gasteiger partial charge in [-0.25, -0.2) is 0 Å². The summed E-state index contributed by atoms with van der Waals surface area (Å²) in [5, 5.41) is 10.7. The lowest BCUT2D eigenvalue weighted by atomic mass is 9.61. The minimum Gasteiger partial charge on any atom is -0.493 e. The molecule has 240 valence electrons. The lowest BCUT2D eigenvalue weighted by Crippen LogP contribution is -2.48. The number of benzene rings is 1. The molecule has 43 heavy (non-hydrogen) atoms. The Morgan fingerprint density at radius 3 is 2.42 bits per heavy atom. The second kappa shape index (κ2) is 11.8. The number of fused-ring (bicyclic) bond motifs is 1. The van der Waals surface area contributed by atoms with Crippen LogP contribution in [0.1, 0.15) is 119 Å². The fourth-order valence-electron chi connectivity index (χ4n) is 8.97. The summed E-state index contributed by atoms with van der Waals surface area (Å²) in [5.74, 6) is 3.46. The highest BCUT2D eigenvalue weighted by molar-refractivity contribution is 6.74. The molecule has 0 bridgehead atoms. The molecule has 0 saturated heterocycles. The topological polar surface area (TPSA) is 38.7 Å². The van der Waals surface area contributed by atoms with Crippen LogP contribution in [0.15, 0.2) is 47.6 Å². The van der Waals surface area contributed by atoms with E-state index in [-0.39, 0.29) is 5.04 Å². The van der Waals surface area contributed by atoms with Crippen molar-refractivity contribution in [1.82, 2.24) is 0 Å². The summed E-state index contributed by atoms with van der Waals surface area (Å²) in [5.41, 5.74) is 4.17. The first kappa shape index (κ1) is 33.0. The SMILES string of the molecule is C[C@@H]1C/C(=C/C=C2\CCC[C@]3(C)[C@@H]([C@@H](C)COc4cccc(C(C)(C)O)c4)CC[C@@H]23)C[C@@H](O[Si](C)(C)C(C)(C)C)C12CC2. The molecule has 0 radical (unpaired) electrons. The van der Waals surface area contributed by atoms with Crippen molar-refractivity contribution in [2.75, 3.05) is 6.61 Å². The van der Waals surface area contributed by atoms with Gasteiger partial charge in [-0.3, -0.25) is 0 Å². The Morgan fingerprint density at radius 2 is 1.77 bits per heavy atom. The van der Waals surface area contributed by atoms with Crippen molar-refractivity contribution in [3.63, 3.8) is 0 Å². The first-order valence-corrected chi connectivity index (χ1v) is 20.4. The van der Waals surface area contributed by atoms with Gasteiger partial charge < -0.3 is 14.3 Å². The van der Waals surface area contributed by atoms with Crippen LogP contribution in [-0.2, 0) is 10.0 Å². The van der Waals surface area contributed by atoms with E-state index in [4.69, 9.17) is 9.16 Å². The molecule has 1 N–H and O–H groups in total. The summed E-state index contributed by atoms with van der Waals surface area (Å²) in [4.78, 5) is 0. The molecule has 1 spiro atoms. The number of hydrogen-bond donors (Lipinski definition) is 1. The molecule has 0 aromatic heterocycles. The molecule has 4 saturated carbocycles. The van der Waals surface area contributed by atoms with Crippen molar-refractivity contribution in [2.45, 2.75) is 143 Å². The largest absolute Gasteiger partial charge is 0.493 e. The Morgan fingerprint density at radius 1 is 1.05 bits per heavy atom. The van der Waals surface area contributed by atoms with Crippen LogP contribution < -0.4 is 4.74 Å². The molecule has 3 nitrogen and oxygen atoms in total. The molecular weight excluding hydrogens is 545 g/mol. The van der Waals surface area contributed by atoms with Gasteiger partial charge in [-0.05, 0) is 142 Å². The van der Waals surface area contributed by atoms with Crippen LogP contribution in [0, 0.1) is 34.5 Å². The zero-order chi connectivity index (χ0) is 31.4. The first-order valence-electron chi connectivity index (χ1n) is 17.5. The summed E-state index contributed by atoms with van der Waals surface area (Å²) in [6.45, 7) is 23.9. The molecule has 0 heterocycles. The molecule has 0 unspecified atom stereocenters. The Kier molecular flexibility index (Phi) is 9.04. The fourth-order valence-corrected chi connectivity index (χ4v) is 10.4. The van der Waals surface area contributed by atoms with Crippen LogP contribution >= 0.6 is 0 Å². The van der Waals surface area contributed by atoms with Gasteiger partial charge in [-0.1, -0.05) is 77.0 Å². The van der Waals surface area contributed by atoms with Gasteiger partial charge in [-0.15, -0.1) is 0 Å². The molecule has 5 rings (SSSR count). The summed E-state index contributed by atoms with van der Waals surface area (Å²) >= 11 is 0. The maximum absolute atomic E-state index is 10.4. The van der Waals surface area contributed by atoms with Gasteiger partial charge in [0.1, 0.15) is 5.75 Å². The molecular formula is C39H62O3Si. The molecule has 0 amide bonds. The Bertz CT molecular complexity index is 1210. The lowest BCUT2D eigenvalue weighted by molar-refractivity contribution is 0.0498. The third kappa shape index (κ3) is 6.63. The monoisotopic (exact) mass is 606 g/mol. The average molecular weight is 607 g/mol. The summed E-state index contributed by atoms with van der Waals surface area (Å²) < 4.78 is 13.5. The summed E-state index contributed by atoms with van der Waals surface area (Å²) in [6.07, 6.45) is 17.1. The van der Waals surface area contributed by atoms with Crippen molar-refractivity contribution < 1.29 is 14.3 Å². The van der Waals surface area contributed by atoms with Gasteiger partial charge in [0.25, 0.3) is 0 Å². The van der Waals surface area contributed by atoms with Crippen molar-refractivity contribution in [3.05, 3.63) is 53.1 Å². The van der Waals surface area contributed by atoms with Crippen molar-refractivity contribution in [3.8, 4) is 5.75 Å². The summed E-state index contributed by atoms with van der Waals surface area (Å²) in [6, 6.07) is 7.99. The van der Waals surface area contributed by atoms with Crippen molar-refractivity contribution >= 4 is 8.32 Å². The second-order valence-electron chi connectivity index (χ2n) is 17.4. The number of ether oxygens (including phenoxy) is 1. The van der Waals surface area contributed by atoms with Crippen LogP contribution in [0.3, 0.4) is 0 Å². The van der Waals surface area contributed by atoms with Gasteiger partial charge in [0.05, 0.1) is 18.3 Å². The van der Waals surface area contributed by atoms with E-state index in [2.05, 4.69) is 66.8 Å². The van der Waals surface area contributed by atoms with Crippen molar-refractivity contribution in [2.24, 2.45) is 34.5 Å². The van der Waals surface area contributed by atoms with Crippen molar-refractivity contribution in [1.29, 1.82) is 0 Å². The summed E-state index contributed by atoms with van der Waals surface area (Å²) in [7, 11) is -1.81. The highest BCUT2D eigenvalue weighted by Gasteiger charge is 2.58. The predicted molar refractivity (Wildman–Crippen MR) is 183 cm³/mol. The van der Waals surface area contributed by atoms with E-state index in [9.17, 15) is 5.11 Å². The lowest BCUT2D eigenvalue weighted by Gasteiger charge is -2.46. The van der Waals surface area contributed by atoms with E-state index in [1.807, 2.05) is 38.1 Å². The third-order valence-corrected chi connectivity index (χ3v) is 17.5. The molecule has 6 atom stereocenters. The maximum atomic E-state index is 10.4. The zero-order valence-electron chi connectivity index (χ0n) is 29.2. The van der Waals surface area contributed by atoms with Gasteiger partial charge in [0, 0.05) is 0 Å². The Labute approximate surface area is 265 Å². The van der Waals surface area contributed by atoms with Crippen LogP contribution in [0.4, 0.5) is 0 Å². The second-order valence-corrected chi connectivity index (χ2v) is 22.2.